The number of allylic oxidation sites excluding steroid dienone is 1. The molecule has 16 heavy (non-hydrogen) atoms. The Labute approximate surface area is 98.1 Å². The van der Waals surface area contributed by atoms with Gasteiger partial charge in [0.25, 0.3) is 0 Å². The van der Waals surface area contributed by atoms with Crippen molar-refractivity contribution in [3.05, 3.63) is 12.7 Å². The molecule has 2 aliphatic rings. The van der Waals surface area contributed by atoms with Crippen molar-refractivity contribution in [3.8, 4) is 0 Å². The van der Waals surface area contributed by atoms with Crippen LogP contribution in [-0.4, -0.2) is 19.0 Å². The lowest BCUT2D eigenvalue weighted by Crippen LogP contribution is -2.54. The maximum atomic E-state index is 11.7. The fraction of sp³-hybridized carbons (Fsp3) is 0.786. The van der Waals surface area contributed by atoms with Crippen molar-refractivity contribution in [2.75, 3.05) is 13.2 Å². The molecule has 1 aliphatic carbocycles. The van der Waals surface area contributed by atoms with E-state index in [0.717, 1.165) is 32.0 Å². The maximum absolute atomic E-state index is 11.7. The van der Waals surface area contributed by atoms with E-state index in [-0.39, 0.29) is 11.7 Å². The lowest BCUT2D eigenvalue weighted by atomic mass is 9.58. The van der Waals surface area contributed by atoms with E-state index in [9.17, 15) is 4.79 Å². The molecule has 1 heterocycles. The van der Waals surface area contributed by atoms with Crippen molar-refractivity contribution in [2.24, 2.45) is 23.2 Å². The largest absolute Gasteiger partial charge is 0.380 e. The zero-order valence-corrected chi connectivity index (χ0v) is 10.4. The third kappa shape index (κ3) is 1.84. The Kier molecular flexibility index (Phi) is 3.20. The van der Waals surface area contributed by atoms with Gasteiger partial charge in [-0.1, -0.05) is 20.4 Å². The van der Waals surface area contributed by atoms with Crippen LogP contribution in [0.4, 0.5) is 0 Å². The number of ether oxygens (including phenoxy) is 1. The third-order valence-corrected chi connectivity index (χ3v) is 4.45. The second-order valence-electron chi connectivity index (χ2n) is 5.79. The highest BCUT2D eigenvalue weighted by Crippen LogP contribution is 2.51. The van der Waals surface area contributed by atoms with Gasteiger partial charge < -0.3 is 4.74 Å². The van der Waals surface area contributed by atoms with E-state index >= 15 is 0 Å². The van der Waals surface area contributed by atoms with E-state index in [1.165, 1.54) is 12.5 Å². The van der Waals surface area contributed by atoms with Gasteiger partial charge >= 0.3 is 0 Å². The molecule has 2 rings (SSSR count). The molecule has 90 valence electrons. The normalized spacial score (nSPS) is 32.4. The molecule has 0 aromatic rings. The van der Waals surface area contributed by atoms with E-state index < -0.39 is 0 Å². The summed E-state index contributed by atoms with van der Waals surface area (Å²) in [5.41, 5.74) is 0.301. The summed E-state index contributed by atoms with van der Waals surface area (Å²) in [5.74, 6) is 1.86. The van der Waals surface area contributed by atoms with Crippen LogP contribution < -0.4 is 0 Å². The minimum Gasteiger partial charge on any atom is -0.380 e. The Balaban J connectivity index is 2.10. The van der Waals surface area contributed by atoms with Gasteiger partial charge in [-0.25, -0.2) is 0 Å². The molecular weight excluding hydrogens is 200 g/mol. The van der Waals surface area contributed by atoms with E-state index in [2.05, 4.69) is 20.4 Å². The molecule has 2 fully saturated rings. The van der Waals surface area contributed by atoms with Crippen molar-refractivity contribution in [1.82, 2.24) is 0 Å². The third-order valence-electron chi connectivity index (χ3n) is 4.45. The van der Waals surface area contributed by atoms with Gasteiger partial charge in [-0.15, -0.1) is 0 Å². The van der Waals surface area contributed by atoms with Crippen molar-refractivity contribution >= 4 is 5.78 Å². The zero-order chi connectivity index (χ0) is 11.8. The Hall–Kier alpha value is -0.630. The fourth-order valence-corrected chi connectivity index (χ4v) is 3.58. The molecular formula is C14H22O2. The quantitative estimate of drug-likeness (QED) is 0.686. The highest BCUT2D eigenvalue weighted by Gasteiger charge is 2.50. The minimum absolute atomic E-state index is 0.205. The molecule has 0 aromatic carbocycles. The Morgan fingerprint density at radius 2 is 2.12 bits per heavy atom. The number of carbonyl (C=O) groups is 1. The van der Waals surface area contributed by atoms with E-state index in [0.29, 0.717) is 11.3 Å². The highest BCUT2D eigenvalue weighted by molar-refractivity contribution is 5.91. The van der Waals surface area contributed by atoms with Crippen LogP contribution in [0.1, 0.15) is 33.1 Å². The number of rotatable bonds is 3. The first-order valence-corrected chi connectivity index (χ1v) is 6.33. The Morgan fingerprint density at radius 3 is 2.56 bits per heavy atom. The van der Waals surface area contributed by atoms with Gasteiger partial charge in [0.15, 0.2) is 5.78 Å². The van der Waals surface area contributed by atoms with Crippen LogP contribution in [0.25, 0.3) is 0 Å². The standard InChI is InChI=1S/C14H22O2/c1-4-13(15)11-5-6-12(10(2)3)14(7-11)8-16-9-14/h4,10-12H,1,5-9H2,2-3H3. The van der Waals surface area contributed by atoms with Crippen molar-refractivity contribution in [1.29, 1.82) is 0 Å². The van der Waals surface area contributed by atoms with Gasteiger partial charge in [0.05, 0.1) is 13.2 Å². The van der Waals surface area contributed by atoms with Crippen LogP contribution in [0, 0.1) is 23.2 Å². The summed E-state index contributed by atoms with van der Waals surface area (Å²) in [5, 5.41) is 0. The zero-order valence-electron chi connectivity index (χ0n) is 10.4. The van der Waals surface area contributed by atoms with Crippen LogP contribution in [0.5, 0.6) is 0 Å². The van der Waals surface area contributed by atoms with Gasteiger partial charge in [-0.3, -0.25) is 4.79 Å². The van der Waals surface area contributed by atoms with Gasteiger partial charge in [-0.05, 0) is 37.2 Å². The molecule has 0 bridgehead atoms. The molecule has 1 spiro atoms. The van der Waals surface area contributed by atoms with Crippen LogP contribution in [0.3, 0.4) is 0 Å². The van der Waals surface area contributed by atoms with Crippen LogP contribution in [0.15, 0.2) is 12.7 Å². The van der Waals surface area contributed by atoms with Crippen molar-refractivity contribution in [2.45, 2.75) is 33.1 Å². The summed E-state index contributed by atoms with van der Waals surface area (Å²) in [6.45, 7) is 9.90. The average molecular weight is 222 g/mol. The Morgan fingerprint density at radius 1 is 1.44 bits per heavy atom. The minimum atomic E-state index is 0.205. The molecule has 2 unspecified atom stereocenters. The predicted molar refractivity (Wildman–Crippen MR) is 64.1 cm³/mol. The molecule has 2 atom stereocenters. The summed E-state index contributed by atoms with van der Waals surface area (Å²) < 4.78 is 5.42. The van der Waals surface area contributed by atoms with Gasteiger partial charge in [0.2, 0.25) is 0 Å². The molecule has 1 saturated heterocycles. The fourth-order valence-electron chi connectivity index (χ4n) is 3.58. The lowest BCUT2D eigenvalue weighted by molar-refractivity contribution is -0.182. The molecule has 1 saturated carbocycles. The number of carbonyl (C=O) groups excluding carboxylic acids is 1. The SMILES string of the molecule is C=CC(=O)C1CCC(C(C)C)C2(COC2)C1. The molecule has 0 N–H and O–H groups in total. The predicted octanol–water partition coefficient (Wildman–Crippen LogP) is 2.83. The van der Waals surface area contributed by atoms with Crippen molar-refractivity contribution in [3.63, 3.8) is 0 Å². The summed E-state index contributed by atoms with van der Waals surface area (Å²) >= 11 is 0. The molecule has 0 radical (unpaired) electrons. The Bertz CT molecular complexity index is 289. The molecule has 0 aromatic heterocycles. The summed E-state index contributed by atoms with van der Waals surface area (Å²) in [6, 6.07) is 0. The smallest absolute Gasteiger partial charge is 0.158 e. The van der Waals surface area contributed by atoms with E-state index in [4.69, 9.17) is 4.74 Å². The molecule has 2 nitrogen and oxygen atoms in total. The van der Waals surface area contributed by atoms with Crippen LogP contribution >= 0.6 is 0 Å². The molecule has 0 amide bonds. The first-order valence-electron chi connectivity index (χ1n) is 6.33. The van der Waals surface area contributed by atoms with Gasteiger partial charge in [-0.2, -0.15) is 0 Å². The van der Waals surface area contributed by atoms with E-state index in [1.54, 1.807) is 0 Å². The maximum Gasteiger partial charge on any atom is 0.158 e. The second kappa shape index (κ2) is 4.33. The number of hydrogen-bond acceptors (Lipinski definition) is 2. The first kappa shape index (κ1) is 11.8. The van der Waals surface area contributed by atoms with Crippen LogP contribution in [-0.2, 0) is 9.53 Å². The molecule has 1 aliphatic heterocycles. The van der Waals surface area contributed by atoms with Crippen LogP contribution in [0.2, 0.25) is 0 Å². The van der Waals surface area contributed by atoms with Gasteiger partial charge in [0, 0.05) is 11.3 Å². The highest BCUT2D eigenvalue weighted by atomic mass is 16.5. The second-order valence-corrected chi connectivity index (χ2v) is 5.79. The first-order chi connectivity index (χ1) is 7.59. The average Bonchev–Trinajstić information content (AvgIpc) is 2.24. The number of hydrogen-bond donors (Lipinski definition) is 0. The lowest BCUT2D eigenvalue weighted by Gasteiger charge is -2.53. The summed E-state index contributed by atoms with van der Waals surface area (Å²) in [6.07, 6.45) is 4.72. The monoisotopic (exact) mass is 222 g/mol. The van der Waals surface area contributed by atoms with Crippen molar-refractivity contribution < 1.29 is 9.53 Å². The summed E-state index contributed by atoms with van der Waals surface area (Å²) in [7, 11) is 0. The summed E-state index contributed by atoms with van der Waals surface area (Å²) in [4.78, 5) is 11.7. The van der Waals surface area contributed by atoms with E-state index in [1.807, 2.05) is 0 Å². The number of ketones is 1. The topological polar surface area (TPSA) is 26.3 Å². The molecule has 2 heteroatoms. The van der Waals surface area contributed by atoms with Gasteiger partial charge in [0.1, 0.15) is 0 Å².